The van der Waals surface area contributed by atoms with Crippen LogP contribution in [0, 0.1) is 0 Å². The SMILES string of the molecule is O=c1cc(/C=C/c2[nH]c3ccccc3c2/C=C/c2cc[nH]c(=O)c2)cc[nH]1. The lowest BCUT2D eigenvalue weighted by molar-refractivity contribution is 1.23. The third kappa shape index (κ3) is 3.72. The van der Waals surface area contributed by atoms with Crippen LogP contribution in [-0.4, -0.2) is 15.0 Å². The zero-order valence-electron chi connectivity index (χ0n) is 14.4. The lowest BCUT2D eigenvalue weighted by Gasteiger charge is -1.96. The van der Waals surface area contributed by atoms with E-state index in [9.17, 15) is 9.59 Å². The number of fused-ring (bicyclic) bond motifs is 1. The molecule has 3 N–H and O–H groups in total. The van der Waals surface area contributed by atoms with Gasteiger partial charge in [0.2, 0.25) is 11.1 Å². The topological polar surface area (TPSA) is 81.5 Å². The first-order valence-corrected chi connectivity index (χ1v) is 8.53. The summed E-state index contributed by atoms with van der Waals surface area (Å²) >= 11 is 0. The van der Waals surface area contributed by atoms with Crippen LogP contribution >= 0.6 is 0 Å². The summed E-state index contributed by atoms with van der Waals surface area (Å²) < 4.78 is 0. The Kier molecular flexibility index (Phi) is 4.41. The average molecular weight is 355 g/mol. The van der Waals surface area contributed by atoms with Crippen molar-refractivity contribution >= 4 is 35.2 Å². The minimum atomic E-state index is -0.136. The second-order valence-electron chi connectivity index (χ2n) is 6.14. The summed E-state index contributed by atoms with van der Waals surface area (Å²) in [6.07, 6.45) is 11.0. The zero-order chi connectivity index (χ0) is 18.6. The molecule has 0 saturated heterocycles. The van der Waals surface area contributed by atoms with Crippen molar-refractivity contribution in [2.45, 2.75) is 0 Å². The van der Waals surface area contributed by atoms with Crippen LogP contribution in [0.15, 0.2) is 70.5 Å². The number of para-hydroxylation sites is 1. The first kappa shape index (κ1) is 16.6. The monoisotopic (exact) mass is 355 g/mol. The van der Waals surface area contributed by atoms with E-state index in [0.29, 0.717) is 0 Å². The van der Waals surface area contributed by atoms with Crippen molar-refractivity contribution in [3.63, 3.8) is 0 Å². The Morgan fingerprint density at radius 1 is 0.704 bits per heavy atom. The molecule has 27 heavy (non-hydrogen) atoms. The van der Waals surface area contributed by atoms with Crippen LogP contribution in [0.5, 0.6) is 0 Å². The van der Waals surface area contributed by atoms with E-state index in [2.05, 4.69) is 15.0 Å². The molecule has 3 aromatic heterocycles. The Labute approximate surface area is 154 Å². The van der Waals surface area contributed by atoms with Gasteiger partial charge in [-0.3, -0.25) is 9.59 Å². The van der Waals surface area contributed by atoms with Gasteiger partial charge in [-0.2, -0.15) is 0 Å². The molecule has 0 amide bonds. The average Bonchev–Trinajstić information content (AvgIpc) is 3.02. The van der Waals surface area contributed by atoms with E-state index >= 15 is 0 Å². The molecule has 132 valence electrons. The second-order valence-corrected chi connectivity index (χ2v) is 6.14. The third-order valence-corrected chi connectivity index (χ3v) is 4.26. The summed E-state index contributed by atoms with van der Waals surface area (Å²) in [7, 11) is 0. The van der Waals surface area contributed by atoms with Crippen LogP contribution in [0.4, 0.5) is 0 Å². The third-order valence-electron chi connectivity index (χ3n) is 4.26. The number of benzene rings is 1. The number of pyridine rings is 2. The van der Waals surface area contributed by atoms with Crippen molar-refractivity contribution in [1.29, 1.82) is 0 Å². The number of rotatable bonds is 4. The fraction of sp³-hybridized carbons (Fsp3) is 0. The van der Waals surface area contributed by atoms with Gasteiger partial charge in [0.1, 0.15) is 0 Å². The Hall–Kier alpha value is -3.86. The largest absolute Gasteiger partial charge is 0.355 e. The van der Waals surface area contributed by atoms with Crippen LogP contribution in [0.25, 0.3) is 35.2 Å². The first-order valence-electron chi connectivity index (χ1n) is 8.53. The van der Waals surface area contributed by atoms with Crippen molar-refractivity contribution in [2.24, 2.45) is 0 Å². The maximum Gasteiger partial charge on any atom is 0.248 e. The van der Waals surface area contributed by atoms with Gasteiger partial charge in [0.15, 0.2) is 0 Å². The molecule has 5 nitrogen and oxygen atoms in total. The van der Waals surface area contributed by atoms with E-state index in [1.165, 1.54) is 0 Å². The van der Waals surface area contributed by atoms with Gasteiger partial charge < -0.3 is 15.0 Å². The van der Waals surface area contributed by atoms with E-state index in [1.807, 2.05) is 60.7 Å². The van der Waals surface area contributed by atoms with Crippen LogP contribution in [0.3, 0.4) is 0 Å². The molecule has 0 aliphatic carbocycles. The molecule has 0 unspecified atom stereocenters. The highest BCUT2D eigenvalue weighted by molar-refractivity contribution is 5.96. The maximum absolute atomic E-state index is 11.5. The number of hydrogen-bond donors (Lipinski definition) is 3. The Morgan fingerprint density at radius 3 is 2.00 bits per heavy atom. The number of nitrogens with one attached hydrogen (secondary N) is 3. The van der Waals surface area contributed by atoms with Crippen molar-refractivity contribution in [3.05, 3.63) is 104 Å². The van der Waals surface area contributed by atoms with E-state index < -0.39 is 0 Å². The summed E-state index contributed by atoms with van der Waals surface area (Å²) in [5.41, 5.74) is 4.35. The van der Waals surface area contributed by atoms with E-state index in [-0.39, 0.29) is 11.1 Å². The van der Waals surface area contributed by atoms with Gasteiger partial charge in [0.25, 0.3) is 0 Å². The highest BCUT2D eigenvalue weighted by Crippen LogP contribution is 2.26. The van der Waals surface area contributed by atoms with Crippen LogP contribution in [-0.2, 0) is 0 Å². The number of H-pyrrole nitrogens is 3. The standard InChI is InChI=1S/C22H17N3O2/c26-21-13-15(9-11-23-21)5-7-18-17-3-1-2-4-19(17)25-20(18)8-6-16-10-12-24-22(27)14-16/h1-14,25H,(H,23,26)(H,24,27)/b7-5+,8-6+. The van der Waals surface area contributed by atoms with E-state index in [0.717, 1.165) is 33.3 Å². The maximum atomic E-state index is 11.5. The summed E-state index contributed by atoms with van der Waals surface area (Å²) in [5.74, 6) is 0. The smallest absolute Gasteiger partial charge is 0.248 e. The van der Waals surface area contributed by atoms with Crippen molar-refractivity contribution < 1.29 is 0 Å². The second kappa shape index (κ2) is 7.17. The van der Waals surface area contributed by atoms with Crippen molar-refractivity contribution in [2.75, 3.05) is 0 Å². The molecule has 0 atom stereocenters. The predicted octanol–water partition coefficient (Wildman–Crippen LogP) is 3.89. The van der Waals surface area contributed by atoms with Gasteiger partial charge in [-0.15, -0.1) is 0 Å². The number of aromatic amines is 3. The van der Waals surface area contributed by atoms with Gasteiger partial charge in [-0.1, -0.05) is 36.4 Å². The summed E-state index contributed by atoms with van der Waals surface area (Å²) in [6.45, 7) is 0. The number of aromatic nitrogens is 3. The van der Waals surface area contributed by atoms with E-state index in [4.69, 9.17) is 0 Å². The summed E-state index contributed by atoms with van der Waals surface area (Å²) in [4.78, 5) is 31.6. The molecule has 1 aromatic carbocycles. The Morgan fingerprint density at radius 2 is 1.33 bits per heavy atom. The minimum Gasteiger partial charge on any atom is -0.355 e. The highest BCUT2D eigenvalue weighted by atomic mass is 16.1. The molecule has 0 spiro atoms. The molecular weight excluding hydrogens is 338 g/mol. The van der Waals surface area contributed by atoms with Crippen LogP contribution in [0.1, 0.15) is 22.4 Å². The molecule has 0 bridgehead atoms. The predicted molar refractivity (Wildman–Crippen MR) is 110 cm³/mol. The summed E-state index contributed by atoms with van der Waals surface area (Å²) in [6, 6.07) is 14.8. The normalized spacial score (nSPS) is 11.7. The lowest BCUT2D eigenvalue weighted by Crippen LogP contribution is -2.01. The Bertz CT molecular complexity index is 1270. The fourth-order valence-corrected chi connectivity index (χ4v) is 2.98. The Balaban J connectivity index is 1.77. The fourth-order valence-electron chi connectivity index (χ4n) is 2.98. The molecule has 5 heteroatoms. The molecule has 4 aromatic rings. The molecule has 0 radical (unpaired) electrons. The molecular formula is C22H17N3O2. The molecule has 0 aliphatic heterocycles. The quantitative estimate of drug-likeness (QED) is 0.519. The minimum absolute atomic E-state index is 0.134. The van der Waals surface area contributed by atoms with Crippen LogP contribution < -0.4 is 11.1 Å². The van der Waals surface area contributed by atoms with E-state index in [1.54, 1.807) is 24.5 Å². The lowest BCUT2D eigenvalue weighted by atomic mass is 10.1. The molecule has 0 saturated carbocycles. The molecule has 0 fully saturated rings. The van der Waals surface area contributed by atoms with Gasteiger partial charge in [-0.05, 0) is 35.4 Å². The molecule has 0 aliphatic rings. The first-order chi connectivity index (χ1) is 13.2. The van der Waals surface area contributed by atoms with Gasteiger partial charge in [0.05, 0.1) is 0 Å². The van der Waals surface area contributed by atoms with Gasteiger partial charge in [0, 0.05) is 46.7 Å². The highest BCUT2D eigenvalue weighted by Gasteiger charge is 2.06. The molecule has 4 rings (SSSR count). The zero-order valence-corrected chi connectivity index (χ0v) is 14.4. The molecule has 3 heterocycles. The van der Waals surface area contributed by atoms with Gasteiger partial charge in [-0.25, -0.2) is 0 Å². The van der Waals surface area contributed by atoms with Crippen LogP contribution in [0.2, 0.25) is 0 Å². The van der Waals surface area contributed by atoms with Crippen molar-refractivity contribution in [3.8, 4) is 0 Å². The van der Waals surface area contributed by atoms with Crippen molar-refractivity contribution in [1.82, 2.24) is 15.0 Å². The van der Waals surface area contributed by atoms with Gasteiger partial charge >= 0.3 is 0 Å². The summed E-state index contributed by atoms with van der Waals surface area (Å²) in [5, 5.41) is 1.09. The number of hydrogen-bond acceptors (Lipinski definition) is 2.